The normalized spacial score (nSPS) is 15.2. The molecule has 0 saturated carbocycles. The molecule has 0 unspecified atom stereocenters. The zero-order valence-corrected chi connectivity index (χ0v) is 15.1. The van der Waals surface area contributed by atoms with E-state index >= 15 is 0 Å². The fraction of sp³-hybridized carbons (Fsp3) is 0.273. The number of fused-ring (bicyclic) bond motifs is 1. The third-order valence-electron chi connectivity index (χ3n) is 5.11. The van der Waals surface area contributed by atoms with Crippen LogP contribution in [0, 0.1) is 5.82 Å². The lowest BCUT2D eigenvalue weighted by atomic mass is 10.1. The smallest absolute Gasteiger partial charge is 0.272 e. The van der Waals surface area contributed by atoms with Crippen LogP contribution >= 0.6 is 0 Å². The summed E-state index contributed by atoms with van der Waals surface area (Å²) in [6, 6.07) is 18.3. The molecule has 1 fully saturated rings. The first-order valence-electron chi connectivity index (χ1n) is 9.31. The van der Waals surface area contributed by atoms with Crippen molar-refractivity contribution in [3.05, 3.63) is 77.7 Å². The van der Waals surface area contributed by atoms with Gasteiger partial charge in [-0.15, -0.1) is 0 Å². The predicted octanol–water partition coefficient (Wildman–Crippen LogP) is 3.37. The van der Waals surface area contributed by atoms with Crippen LogP contribution in [0.1, 0.15) is 16.1 Å². The van der Waals surface area contributed by atoms with Gasteiger partial charge in [-0.1, -0.05) is 36.4 Å². The van der Waals surface area contributed by atoms with Crippen molar-refractivity contribution in [1.82, 2.24) is 14.8 Å². The zero-order valence-electron chi connectivity index (χ0n) is 15.1. The van der Waals surface area contributed by atoms with Crippen molar-refractivity contribution < 1.29 is 9.18 Å². The van der Waals surface area contributed by atoms with Gasteiger partial charge in [0.1, 0.15) is 11.5 Å². The molecule has 0 spiro atoms. The van der Waals surface area contributed by atoms with Gasteiger partial charge in [-0.05, 0) is 36.2 Å². The molecule has 4 rings (SSSR count). The summed E-state index contributed by atoms with van der Waals surface area (Å²) >= 11 is 0. The lowest BCUT2D eigenvalue weighted by Crippen LogP contribution is -2.49. The Morgan fingerprint density at radius 1 is 0.926 bits per heavy atom. The third kappa shape index (κ3) is 4.14. The third-order valence-corrected chi connectivity index (χ3v) is 5.11. The van der Waals surface area contributed by atoms with Gasteiger partial charge in [0.2, 0.25) is 0 Å². The topological polar surface area (TPSA) is 36.4 Å². The van der Waals surface area contributed by atoms with Crippen LogP contribution in [-0.2, 0) is 6.42 Å². The number of rotatable bonds is 4. The molecular formula is C22H22FN3O. The second kappa shape index (κ2) is 7.84. The van der Waals surface area contributed by atoms with E-state index in [-0.39, 0.29) is 11.7 Å². The lowest BCUT2D eigenvalue weighted by Gasteiger charge is -2.34. The van der Waals surface area contributed by atoms with E-state index in [1.807, 2.05) is 53.4 Å². The number of amides is 1. The SMILES string of the molecule is O=C(c1ccc2ccccc2n1)N1CCN(CCc2ccc(F)cc2)CC1. The van der Waals surface area contributed by atoms with Gasteiger partial charge >= 0.3 is 0 Å². The van der Waals surface area contributed by atoms with E-state index in [0.717, 1.165) is 42.5 Å². The average molecular weight is 363 g/mol. The second-order valence-electron chi connectivity index (χ2n) is 6.90. The van der Waals surface area contributed by atoms with Crippen molar-refractivity contribution in [3.8, 4) is 0 Å². The van der Waals surface area contributed by atoms with Crippen molar-refractivity contribution in [2.75, 3.05) is 32.7 Å². The Morgan fingerprint density at radius 3 is 2.44 bits per heavy atom. The maximum absolute atomic E-state index is 13.0. The van der Waals surface area contributed by atoms with Crippen molar-refractivity contribution in [1.29, 1.82) is 0 Å². The minimum atomic E-state index is -0.201. The number of piperazine rings is 1. The van der Waals surface area contributed by atoms with Crippen molar-refractivity contribution in [3.63, 3.8) is 0 Å². The van der Waals surface area contributed by atoms with Gasteiger partial charge in [0.15, 0.2) is 0 Å². The van der Waals surface area contributed by atoms with E-state index in [1.165, 1.54) is 12.1 Å². The molecule has 138 valence electrons. The molecule has 1 aliphatic heterocycles. The molecule has 27 heavy (non-hydrogen) atoms. The monoisotopic (exact) mass is 363 g/mol. The molecule has 0 radical (unpaired) electrons. The summed E-state index contributed by atoms with van der Waals surface area (Å²) in [6.45, 7) is 4.02. The average Bonchev–Trinajstić information content (AvgIpc) is 2.73. The van der Waals surface area contributed by atoms with Crippen molar-refractivity contribution in [2.45, 2.75) is 6.42 Å². The number of benzene rings is 2. The highest BCUT2D eigenvalue weighted by Crippen LogP contribution is 2.14. The highest BCUT2D eigenvalue weighted by molar-refractivity contribution is 5.95. The molecule has 2 aromatic carbocycles. The summed E-state index contributed by atoms with van der Waals surface area (Å²) in [7, 11) is 0. The highest BCUT2D eigenvalue weighted by atomic mass is 19.1. The number of nitrogens with zero attached hydrogens (tertiary/aromatic N) is 3. The molecule has 5 heteroatoms. The van der Waals surface area contributed by atoms with Crippen LogP contribution in [0.2, 0.25) is 0 Å². The second-order valence-corrected chi connectivity index (χ2v) is 6.90. The summed E-state index contributed by atoms with van der Waals surface area (Å²) in [5.41, 5.74) is 2.49. The molecular weight excluding hydrogens is 341 g/mol. The summed E-state index contributed by atoms with van der Waals surface area (Å²) in [5, 5.41) is 1.04. The molecule has 1 amide bonds. The largest absolute Gasteiger partial charge is 0.335 e. The molecule has 0 aliphatic carbocycles. The van der Waals surface area contributed by atoms with Crippen LogP contribution in [0.5, 0.6) is 0 Å². The molecule has 0 atom stereocenters. The molecule has 1 saturated heterocycles. The maximum Gasteiger partial charge on any atom is 0.272 e. The number of carbonyl (C=O) groups is 1. The number of aromatic nitrogens is 1. The zero-order chi connectivity index (χ0) is 18.6. The van der Waals surface area contributed by atoms with Gasteiger partial charge in [0, 0.05) is 38.1 Å². The molecule has 1 aliphatic rings. The fourth-order valence-corrected chi connectivity index (χ4v) is 3.46. The Kier molecular flexibility index (Phi) is 5.12. The van der Waals surface area contributed by atoms with E-state index in [4.69, 9.17) is 0 Å². The van der Waals surface area contributed by atoms with Gasteiger partial charge in [-0.25, -0.2) is 9.37 Å². The molecule has 3 aromatic rings. The van der Waals surface area contributed by atoms with Gasteiger partial charge in [-0.2, -0.15) is 0 Å². The van der Waals surface area contributed by atoms with Gasteiger partial charge in [0.05, 0.1) is 5.52 Å². The van der Waals surface area contributed by atoms with E-state index in [0.29, 0.717) is 18.8 Å². The quantitative estimate of drug-likeness (QED) is 0.713. The van der Waals surface area contributed by atoms with Gasteiger partial charge in [0.25, 0.3) is 5.91 Å². The minimum Gasteiger partial charge on any atom is -0.335 e. The fourth-order valence-electron chi connectivity index (χ4n) is 3.46. The number of hydrogen-bond donors (Lipinski definition) is 0. The van der Waals surface area contributed by atoms with E-state index in [2.05, 4.69) is 9.88 Å². The minimum absolute atomic E-state index is 0.000984. The summed E-state index contributed by atoms with van der Waals surface area (Å²) in [5.74, 6) is -0.202. The van der Waals surface area contributed by atoms with Gasteiger partial charge < -0.3 is 4.90 Å². The predicted molar refractivity (Wildman–Crippen MR) is 104 cm³/mol. The van der Waals surface area contributed by atoms with Crippen LogP contribution in [0.15, 0.2) is 60.7 Å². The van der Waals surface area contributed by atoms with E-state index in [1.54, 1.807) is 0 Å². The number of carbonyl (C=O) groups excluding carboxylic acids is 1. The summed E-state index contributed by atoms with van der Waals surface area (Å²) in [6.07, 6.45) is 0.889. The Labute approximate surface area is 158 Å². The Morgan fingerprint density at radius 2 is 1.67 bits per heavy atom. The van der Waals surface area contributed by atoms with Gasteiger partial charge in [-0.3, -0.25) is 9.69 Å². The van der Waals surface area contributed by atoms with E-state index in [9.17, 15) is 9.18 Å². The molecule has 1 aromatic heterocycles. The number of hydrogen-bond acceptors (Lipinski definition) is 3. The number of pyridine rings is 1. The Balaban J connectivity index is 1.32. The Bertz CT molecular complexity index is 934. The highest BCUT2D eigenvalue weighted by Gasteiger charge is 2.22. The van der Waals surface area contributed by atoms with Crippen molar-refractivity contribution in [2.24, 2.45) is 0 Å². The standard InChI is InChI=1S/C22H22FN3O/c23-19-8-5-17(6-9-19)11-12-25-13-15-26(16-14-25)22(27)21-10-7-18-3-1-2-4-20(18)24-21/h1-10H,11-16H2. The van der Waals surface area contributed by atoms with Crippen LogP contribution in [0.4, 0.5) is 4.39 Å². The summed E-state index contributed by atoms with van der Waals surface area (Å²) in [4.78, 5) is 21.5. The van der Waals surface area contributed by atoms with Crippen LogP contribution < -0.4 is 0 Å². The first-order chi connectivity index (χ1) is 13.2. The Hall–Kier alpha value is -2.79. The number of para-hydroxylation sites is 1. The van der Waals surface area contributed by atoms with Crippen LogP contribution in [0.3, 0.4) is 0 Å². The summed E-state index contributed by atoms with van der Waals surface area (Å²) < 4.78 is 13.0. The van der Waals surface area contributed by atoms with Crippen LogP contribution in [-0.4, -0.2) is 53.4 Å². The van der Waals surface area contributed by atoms with Crippen LogP contribution in [0.25, 0.3) is 10.9 Å². The number of halogens is 1. The van der Waals surface area contributed by atoms with E-state index < -0.39 is 0 Å². The molecule has 0 N–H and O–H groups in total. The first-order valence-corrected chi connectivity index (χ1v) is 9.31. The molecule has 0 bridgehead atoms. The molecule has 4 nitrogen and oxygen atoms in total. The molecule has 2 heterocycles. The first kappa shape index (κ1) is 17.6. The maximum atomic E-state index is 13.0. The lowest BCUT2D eigenvalue weighted by molar-refractivity contribution is 0.0633. The van der Waals surface area contributed by atoms with Crippen molar-refractivity contribution >= 4 is 16.8 Å².